The number of benzene rings is 3. The summed E-state index contributed by atoms with van der Waals surface area (Å²) in [4.78, 5) is 25.3. The van der Waals surface area contributed by atoms with Gasteiger partial charge in [-0.2, -0.15) is 0 Å². The topological polar surface area (TPSA) is 70.7 Å². The van der Waals surface area contributed by atoms with E-state index in [-0.39, 0.29) is 5.56 Å². The molecule has 168 valence electrons. The third-order valence-electron chi connectivity index (χ3n) is 5.18. The molecule has 0 aliphatic heterocycles. The third-order valence-corrected chi connectivity index (χ3v) is 6.73. The van der Waals surface area contributed by atoms with Crippen molar-refractivity contribution in [2.45, 2.75) is 10.6 Å². The van der Waals surface area contributed by atoms with Gasteiger partial charge < -0.3 is 10.3 Å². The highest BCUT2D eigenvalue weighted by molar-refractivity contribution is 7.98. The zero-order valence-electron chi connectivity index (χ0n) is 17.8. The molecule has 0 unspecified atom stereocenters. The molecule has 34 heavy (non-hydrogen) atoms. The van der Waals surface area contributed by atoms with Crippen LogP contribution in [-0.2, 0) is 5.75 Å². The molecule has 0 aliphatic rings. The van der Waals surface area contributed by atoms with Crippen LogP contribution in [0.5, 0.6) is 0 Å². The molecule has 0 saturated heterocycles. The number of nitrogens with zero attached hydrogens (tertiary/aromatic N) is 2. The van der Waals surface area contributed by atoms with E-state index in [1.807, 2.05) is 72.8 Å². The number of hydrogen-bond donors (Lipinski definition) is 2. The van der Waals surface area contributed by atoms with Crippen molar-refractivity contribution in [2.24, 2.45) is 0 Å². The van der Waals surface area contributed by atoms with Crippen molar-refractivity contribution in [3.05, 3.63) is 111 Å². The fourth-order valence-corrected chi connectivity index (χ4v) is 4.63. The summed E-state index contributed by atoms with van der Waals surface area (Å²) in [6.45, 7) is 0. The predicted octanol–water partition coefficient (Wildman–Crippen LogP) is 7.33. The van der Waals surface area contributed by atoms with Gasteiger partial charge in [0, 0.05) is 49.2 Å². The summed E-state index contributed by atoms with van der Waals surface area (Å²) < 4.78 is 0. The van der Waals surface area contributed by atoms with Crippen molar-refractivity contribution >= 4 is 57.5 Å². The first-order valence-corrected chi connectivity index (χ1v) is 12.2. The molecule has 0 amide bonds. The summed E-state index contributed by atoms with van der Waals surface area (Å²) in [6, 6.07) is 24.6. The summed E-state index contributed by atoms with van der Waals surface area (Å²) >= 11 is 13.7. The highest BCUT2D eigenvalue weighted by Crippen LogP contribution is 2.26. The summed E-state index contributed by atoms with van der Waals surface area (Å²) in [7, 11) is 0. The molecule has 0 saturated carbocycles. The first-order chi connectivity index (χ1) is 16.5. The predicted molar refractivity (Wildman–Crippen MR) is 141 cm³/mol. The Balaban J connectivity index is 1.26. The molecule has 2 aromatic heterocycles. The number of anilines is 2. The lowest BCUT2D eigenvalue weighted by molar-refractivity contribution is 1.17. The van der Waals surface area contributed by atoms with E-state index in [1.165, 1.54) is 0 Å². The monoisotopic (exact) mass is 504 g/mol. The molecule has 0 radical (unpaired) electrons. The van der Waals surface area contributed by atoms with Gasteiger partial charge in [-0.15, -0.1) is 11.8 Å². The van der Waals surface area contributed by atoms with Crippen LogP contribution in [0.15, 0.2) is 94.7 Å². The molecule has 0 bridgehead atoms. The molecule has 0 spiro atoms. The fraction of sp³-hybridized carbons (Fsp3) is 0.0385. The number of aromatic amines is 1. The van der Waals surface area contributed by atoms with Crippen LogP contribution < -0.4 is 10.9 Å². The highest BCUT2D eigenvalue weighted by Gasteiger charge is 2.06. The molecular weight excluding hydrogens is 487 g/mol. The molecule has 5 rings (SSSR count). The summed E-state index contributed by atoms with van der Waals surface area (Å²) in [5.41, 5.74) is 4.04. The number of fused-ring (bicyclic) bond motifs is 1. The largest absolute Gasteiger partial charge is 0.324 e. The number of thioether (sulfide) groups is 1. The van der Waals surface area contributed by atoms with Crippen LogP contribution in [0.2, 0.25) is 10.0 Å². The van der Waals surface area contributed by atoms with Crippen LogP contribution in [-0.4, -0.2) is 15.0 Å². The maximum Gasteiger partial charge on any atom is 0.252 e. The third kappa shape index (κ3) is 5.25. The smallest absolute Gasteiger partial charge is 0.252 e. The van der Waals surface area contributed by atoms with E-state index in [2.05, 4.69) is 20.3 Å². The molecule has 5 nitrogen and oxygen atoms in total. The van der Waals surface area contributed by atoms with Crippen molar-refractivity contribution < 1.29 is 0 Å². The quantitative estimate of drug-likeness (QED) is 0.237. The van der Waals surface area contributed by atoms with Crippen molar-refractivity contribution in [1.29, 1.82) is 0 Å². The highest BCUT2D eigenvalue weighted by atomic mass is 35.5. The standard InChI is InChI=1S/C26H18Cl2N4OS/c27-19-3-1-16(2-4-19)24-11-12-29-26(32-24)30-21-6-8-22(9-7-21)34-15-18-13-17-14-20(28)5-10-23(17)31-25(18)33/h1-14H,15H2,(H,31,33)(H,29,30,32). The van der Waals surface area contributed by atoms with E-state index in [9.17, 15) is 4.79 Å². The lowest BCUT2D eigenvalue weighted by Crippen LogP contribution is -2.11. The Morgan fingerprint density at radius 1 is 0.882 bits per heavy atom. The van der Waals surface area contributed by atoms with E-state index in [4.69, 9.17) is 23.2 Å². The van der Waals surface area contributed by atoms with E-state index in [0.717, 1.165) is 32.7 Å². The number of aromatic nitrogens is 3. The Kier molecular flexibility index (Phi) is 6.54. The number of nitrogens with one attached hydrogen (secondary N) is 2. The van der Waals surface area contributed by atoms with Gasteiger partial charge >= 0.3 is 0 Å². The van der Waals surface area contributed by atoms with Crippen LogP contribution in [0.25, 0.3) is 22.2 Å². The second-order valence-corrected chi connectivity index (χ2v) is 9.49. The Labute approximate surface area is 210 Å². The van der Waals surface area contributed by atoms with Gasteiger partial charge in [0.1, 0.15) is 0 Å². The van der Waals surface area contributed by atoms with Crippen LogP contribution in [0.1, 0.15) is 5.56 Å². The van der Waals surface area contributed by atoms with Gasteiger partial charge in [-0.05, 0) is 72.1 Å². The Bertz CT molecular complexity index is 1520. The molecule has 0 fully saturated rings. The van der Waals surface area contributed by atoms with Gasteiger partial charge in [-0.1, -0.05) is 35.3 Å². The fourth-order valence-electron chi connectivity index (χ4n) is 3.45. The maximum absolute atomic E-state index is 12.4. The molecule has 2 N–H and O–H groups in total. The maximum atomic E-state index is 12.4. The van der Waals surface area contributed by atoms with Gasteiger partial charge in [-0.25, -0.2) is 9.97 Å². The van der Waals surface area contributed by atoms with E-state index in [1.54, 1.807) is 24.0 Å². The molecule has 0 atom stereocenters. The SMILES string of the molecule is O=c1[nH]c2ccc(Cl)cc2cc1CSc1ccc(Nc2nccc(-c3ccc(Cl)cc3)n2)cc1. The van der Waals surface area contributed by atoms with Gasteiger partial charge in [0.15, 0.2) is 0 Å². The van der Waals surface area contributed by atoms with Crippen molar-refractivity contribution in [3.8, 4) is 11.3 Å². The van der Waals surface area contributed by atoms with Gasteiger partial charge in [0.05, 0.1) is 5.69 Å². The average Bonchev–Trinajstić information content (AvgIpc) is 2.84. The Morgan fingerprint density at radius 3 is 2.44 bits per heavy atom. The zero-order chi connectivity index (χ0) is 23.5. The van der Waals surface area contributed by atoms with Gasteiger partial charge in [-0.3, -0.25) is 4.79 Å². The molecule has 2 heterocycles. The van der Waals surface area contributed by atoms with Crippen LogP contribution >= 0.6 is 35.0 Å². The second kappa shape index (κ2) is 9.89. The van der Waals surface area contributed by atoms with Crippen LogP contribution in [0, 0.1) is 0 Å². The van der Waals surface area contributed by atoms with Crippen molar-refractivity contribution in [3.63, 3.8) is 0 Å². The minimum absolute atomic E-state index is 0.0849. The van der Waals surface area contributed by atoms with Crippen LogP contribution in [0.4, 0.5) is 11.6 Å². The Morgan fingerprint density at radius 2 is 1.65 bits per heavy atom. The zero-order valence-corrected chi connectivity index (χ0v) is 20.1. The van der Waals surface area contributed by atoms with Crippen LogP contribution in [0.3, 0.4) is 0 Å². The van der Waals surface area contributed by atoms with Gasteiger partial charge in [0.25, 0.3) is 5.56 Å². The number of hydrogen-bond acceptors (Lipinski definition) is 5. The molecule has 5 aromatic rings. The minimum atomic E-state index is -0.0849. The minimum Gasteiger partial charge on any atom is -0.324 e. The lowest BCUT2D eigenvalue weighted by Gasteiger charge is -2.08. The first-order valence-electron chi connectivity index (χ1n) is 10.4. The molecular formula is C26H18Cl2N4OS. The number of halogens is 2. The van der Waals surface area contributed by atoms with Crippen molar-refractivity contribution in [2.75, 3.05) is 5.32 Å². The number of pyridine rings is 1. The molecule has 8 heteroatoms. The second-order valence-electron chi connectivity index (χ2n) is 7.57. The van der Waals surface area contributed by atoms with E-state index < -0.39 is 0 Å². The first kappa shape index (κ1) is 22.5. The van der Waals surface area contributed by atoms with Gasteiger partial charge in [0.2, 0.25) is 5.95 Å². The molecule has 3 aromatic carbocycles. The number of rotatable bonds is 6. The lowest BCUT2D eigenvalue weighted by atomic mass is 10.1. The summed E-state index contributed by atoms with van der Waals surface area (Å²) in [5, 5.41) is 5.48. The average molecular weight is 505 g/mol. The van der Waals surface area contributed by atoms with Crippen molar-refractivity contribution in [1.82, 2.24) is 15.0 Å². The van der Waals surface area contributed by atoms with E-state index >= 15 is 0 Å². The summed E-state index contributed by atoms with van der Waals surface area (Å²) in [6.07, 6.45) is 1.72. The normalized spacial score (nSPS) is 11.0. The number of H-pyrrole nitrogens is 1. The molecule has 0 aliphatic carbocycles. The summed E-state index contributed by atoms with van der Waals surface area (Å²) in [5.74, 6) is 1.06. The Hall–Kier alpha value is -3.32. The van der Waals surface area contributed by atoms with E-state index in [0.29, 0.717) is 27.3 Å².